The number of nitrogens with zero attached hydrogens (tertiary/aromatic N) is 1. The molecular weight excluding hydrogens is 420 g/mol. The second-order valence-corrected chi connectivity index (χ2v) is 7.10. The van der Waals surface area contributed by atoms with Gasteiger partial charge in [0, 0.05) is 22.6 Å². The number of Topliss-reactive ketones (excluding diaryl/α,β-unsaturated/α-hetero) is 1. The summed E-state index contributed by atoms with van der Waals surface area (Å²) in [4.78, 5) is 24.8. The van der Waals surface area contributed by atoms with Crippen LogP contribution >= 0.6 is 0 Å². The van der Waals surface area contributed by atoms with E-state index in [1.807, 2.05) is 11.5 Å². The first-order chi connectivity index (χ1) is 15.3. The predicted molar refractivity (Wildman–Crippen MR) is 114 cm³/mol. The van der Waals surface area contributed by atoms with Gasteiger partial charge < -0.3 is 18.8 Å². The van der Waals surface area contributed by atoms with Gasteiger partial charge in [-0.15, -0.1) is 0 Å². The molecule has 32 heavy (non-hydrogen) atoms. The van der Waals surface area contributed by atoms with Crippen molar-refractivity contribution >= 4 is 11.8 Å². The van der Waals surface area contributed by atoms with E-state index < -0.39 is 12.6 Å². The Kier molecular flexibility index (Phi) is 7.25. The molecule has 0 radical (unpaired) electrons. The highest BCUT2D eigenvalue weighted by Gasteiger charge is 2.18. The summed E-state index contributed by atoms with van der Waals surface area (Å²) in [5.41, 5.74) is 3.30. The zero-order chi connectivity index (χ0) is 23.3. The molecule has 0 spiro atoms. The summed E-state index contributed by atoms with van der Waals surface area (Å²) in [5.74, 6) is -0.104. The average molecular weight is 443 g/mol. The van der Waals surface area contributed by atoms with Crippen molar-refractivity contribution in [1.29, 1.82) is 0 Å². The number of hydrogen-bond acceptors (Lipinski definition) is 5. The quantitative estimate of drug-likeness (QED) is 0.355. The lowest BCUT2D eigenvalue weighted by atomic mass is 10.1. The first-order valence-electron chi connectivity index (χ1n) is 9.84. The topological polar surface area (TPSA) is 66.8 Å². The number of alkyl halides is 2. The van der Waals surface area contributed by atoms with Gasteiger partial charge in [-0.25, -0.2) is 0 Å². The Morgan fingerprint density at radius 3 is 2.19 bits per heavy atom. The highest BCUT2D eigenvalue weighted by Crippen LogP contribution is 2.24. The Morgan fingerprint density at radius 1 is 0.969 bits per heavy atom. The summed E-state index contributed by atoms with van der Waals surface area (Å²) in [5, 5.41) is 0. The smallest absolute Gasteiger partial charge is 0.387 e. The Hall–Kier alpha value is -3.68. The molecule has 2 aromatic carbocycles. The SMILES string of the molecule is COc1ccc(CC(=O)OCC(=O)c2cc(C)n(-c3ccc(OC(F)F)cc3)c2C)cc1. The molecule has 6 nitrogen and oxygen atoms in total. The van der Waals surface area contributed by atoms with Gasteiger partial charge in [0.05, 0.1) is 13.5 Å². The van der Waals surface area contributed by atoms with E-state index in [0.717, 1.165) is 11.3 Å². The van der Waals surface area contributed by atoms with Crippen LogP contribution in [0.3, 0.4) is 0 Å². The summed E-state index contributed by atoms with van der Waals surface area (Å²) >= 11 is 0. The minimum atomic E-state index is -2.90. The molecule has 0 unspecified atom stereocenters. The van der Waals surface area contributed by atoms with Crippen LogP contribution in [-0.4, -0.2) is 36.6 Å². The number of rotatable bonds is 9. The van der Waals surface area contributed by atoms with Crippen molar-refractivity contribution in [2.45, 2.75) is 26.9 Å². The van der Waals surface area contributed by atoms with Crippen molar-refractivity contribution in [2.75, 3.05) is 13.7 Å². The molecule has 0 aliphatic heterocycles. The first-order valence-corrected chi connectivity index (χ1v) is 9.84. The van der Waals surface area contributed by atoms with Crippen LogP contribution in [0.25, 0.3) is 5.69 Å². The van der Waals surface area contributed by atoms with E-state index in [0.29, 0.717) is 22.7 Å². The Balaban J connectivity index is 1.65. The number of ketones is 1. The fourth-order valence-electron chi connectivity index (χ4n) is 3.40. The first kappa shape index (κ1) is 23.0. The van der Waals surface area contributed by atoms with Gasteiger partial charge in [0.2, 0.25) is 5.78 Å². The monoisotopic (exact) mass is 443 g/mol. The number of halogens is 2. The number of methoxy groups -OCH3 is 1. The maximum absolute atomic E-state index is 12.7. The zero-order valence-electron chi connectivity index (χ0n) is 17.9. The maximum atomic E-state index is 12.7. The van der Waals surface area contributed by atoms with E-state index in [1.165, 1.54) is 12.1 Å². The number of aryl methyl sites for hydroxylation is 1. The molecule has 0 aliphatic carbocycles. The van der Waals surface area contributed by atoms with E-state index in [2.05, 4.69) is 4.74 Å². The van der Waals surface area contributed by atoms with E-state index >= 15 is 0 Å². The van der Waals surface area contributed by atoms with Gasteiger partial charge in [-0.3, -0.25) is 9.59 Å². The van der Waals surface area contributed by atoms with E-state index in [4.69, 9.17) is 9.47 Å². The number of carbonyl (C=O) groups is 2. The normalized spacial score (nSPS) is 10.8. The minimum absolute atomic E-state index is 0.0450. The van der Waals surface area contributed by atoms with Gasteiger partial charge in [0.15, 0.2) is 6.61 Å². The Bertz CT molecular complexity index is 1090. The lowest BCUT2D eigenvalue weighted by Crippen LogP contribution is -2.16. The van der Waals surface area contributed by atoms with Crippen LogP contribution in [0.15, 0.2) is 54.6 Å². The van der Waals surface area contributed by atoms with Crippen molar-refractivity contribution in [1.82, 2.24) is 4.57 Å². The molecule has 3 rings (SSSR count). The van der Waals surface area contributed by atoms with Crippen LogP contribution in [0.1, 0.15) is 27.3 Å². The standard InChI is InChI=1S/C24H23F2NO5/c1-15-12-21(16(2)27(15)18-6-10-20(11-7-18)32-24(25)26)22(28)14-31-23(29)13-17-4-8-19(30-3)9-5-17/h4-12,24H,13-14H2,1-3H3. The number of esters is 1. The van der Waals surface area contributed by atoms with Gasteiger partial charge in [-0.05, 0) is 61.9 Å². The van der Waals surface area contributed by atoms with Crippen LogP contribution in [0.4, 0.5) is 8.78 Å². The van der Waals surface area contributed by atoms with Crippen molar-refractivity contribution < 1.29 is 32.6 Å². The number of aromatic nitrogens is 1. The van der Waals surface area contributed by atoms with Crippen LogP contribution in [0.2, 0.25) is 0 Å². The molecule has 1 aromatic heterocycles. The zero-order valence-corrected chi connectivity index (χ0v) is 17.9. The highest BCUT2D eigenvalue weighted by atomic mass is 19.3. The van der Waals surface area contributed by atoms with E-state index in [1.54, 1.807) is 56.5 Å². The molecule has 0 fully saturated rings. The molecule has 1 heterocycles. The molecule has 168 valence electrons. The van der Waals surface area contributed by atoms with Crippen molar-refractivity contribution in [3.05, 3.63) is 77.1 Å². The van der Waals surface area contributed by atoms with Crippen LogP contribution in [0, 0.1) is 13.8 Å². The molecule has 0 saturated heterocycles. The lowest BCUT2D eigenvalue weighted by Gasteiger charge is -2.11. The molecular formula is C24H23F2NO5. The maximum Gasteiger partial charge on any atom is 0.387 e. The third-order valence-electron chi connectivity index (χ3n) is 4.92. The van der Waals surface area contributed by atoms with Gasteiger partial charge in [0.25, 0.3) is 0 Å². The molecule has 8 heteroatoms. The summed E-state index contributed by atoms with van der Waals surface area (Å²) in [7, 11) is 1.56. The van der Waals surface area contributed by atoms with Crippen molar-refractivity contribution in [2.24, 2.45) is 0 Å². The summed E-state index contributed by atoms with van der Waals surface area (Å²) < 4.78 is 41.1. The Labute approximate surface area is 184 Å². The average Bonchev–Trinajstić information content (AvgIpc) is 3.07. The molecule has 0 atom stereocenters. The molecule has 0 saturated carbocycles. The van der Waals surface area contributed by atoms with Gasteiger partial charge >= 0.3 is 12.6 Å². The van der Waals surface area contributed by atoms with E-state index in [9.17, 15) is 18.4 Å². The summed E-state index contributed by atoms with van der Waals surface area (Å²) in [6.07, 6.45) is 0.0450. The predicted octanol–water partition coefficient (Wildman–Crippen LogP) is 4.67. The second-order valence-electron chi connectivity index (χ2n) is 7.10. The van der Waals surface area contributed by atoms with Gasteiger partial charge in [0.1, 0.15) is 11.5 Å². The molecule has 0 aliphatic rings. The number of ether oxygens (including phenoxy) is 3. The third kappa shape index (κ3) is 5.51. The van der Waals surface area contributed by atoms with E-state index in [-0.39, 0.29) is 24.6 Å². The number of carbonyl (C=O) groups excluding carboxylic acids is 2. The minimum Gasteiger partial charge on any atom is -0.497 e. The summed E-state index contributed by atoms with van der Waals surface area (Å²) in [6.45, 7) is 0.319. The number of hydrogen-bond donors (Lipinski definition) is 0. The summed E-state index contributed by atoms with van der Waals surface area (Å²) in [6, 6.07) is 14.8. The largest absolute Gasteiger partial charge is 0.497 e. The highest BCUT2D eigenvalue weighted by molar-refractivity contribution is 5.99. The van der Waals surface area contributed by atoms with Crippen LogP contribution in [-0.2, 0) is 16.0 Å². The van der Waals surface area contributed by atoms with Gasteiger partial charge in [-0.2, -0.15) is 8.78 Å². The fraction of sp³-hybridized carbons (Fsp3) is 0.250. The second kappa shape index (κ2) is 10.1. The fourth-order valence-corrected chi connectivity index (χ4v) is 3.40. The molecule has 3 aromatic rings. The third-order valence-corrected chi connectivity index (χ3v) is 4.92. The van der Waals surface area contributed by atoms with Crippen LogP contribution < -0.4 is 9.47 Å². The molecule has 0 N–H and O–H groups in total. The Morgan fingerprint density at radius 2 is 1.59 bits per heavy atom. The van der Waals surface area contributed by atoms with Crippen molar-refractivity contribution in [3.63, 3.8) is 0 Å². The van der Waals surface area contributed by atoms with Crippen LogP contribution in [0.5, 0.6) is 11.5 Å². The van der Waals surface area contributed by atoms with Crippen molar-refractivity contribution in [3.8, 4) is 17.2 Å². The van der Waals surface area contributed by atoms with Gasteiger partial charge in [-0.1, -0.05) is 12.1 Å². The lowest BCUT2D eigenvalue weighted by molar-refractivity contribution is -0.141. The molecule has 0 amide bonds. The number of benzene rings is 2. The molecule has 0 bridgehead atoms.